The molecule has 1 heterocycles. The summed E-state index contributed by atoms with van der Waals surface area (Å²) in [5.74, 6) is 0.643. The van der Waals surface area contributed by atoms with Gasteiger partial charge >= 0.3 is 5.97 Å². The molecule has 1 aromatic rings. The van der Waals surface area contributed by atoms with E-state index >= 15 is 0 Å². The highest BCUT2D eigenvalue weighted by molar-refractivity contribution is 5.87. The molecule has 1 aliphatic heterocycles. The second-order valence-electron chi connectivity index (χ2n) is 5.68. The lowest BCUT2D eigenvalue weighted by Gasteiger charge is -2.20. The number of hydrogen-bond acceptors (Lipinski definition) is 4. The summed E-state index contributed by atoms with van der Waals surface area (Å²) in [6.07, 6.45) is 2.66. The first-order valence-electron chi connectivity index (χ1n) is 7.10. The molecule has 2 aliphatic rings. The minimum atomic E-state index is -0.491. The van der Waals surface area contributed by atoms with Gasteiger partial charge in [0, 0.05) is 12.0 Å². The van der Waals surface area contributed by atoms with Gasteiger partial charge in [-0.1, -0.05) is 17.7 Å². The number of aryl methyl sites for hydroxylation is 1. The zero-order valence-corrected chi connectivity index (χ0v) is 12.0. The first-order valence-corrected chi connectivity index (χ1v) is 7.10. The Kier molecular flexibility index (Phi) is 3.42. The van der Waals surface area contributed by atoms with Gasteiger partial charge in [-0.15, -0.1) is 0 Å². The third kappa shape index (κ3) is 2.29. The predicted octanol–water partition coefficient (Wildman–Crippen LogP) is 2.37. The maximum Gasteiger partial charge on any atom is 0.316 e. The van der Waals surface area contributed by atoms with Crippen molar-refractivity contribution in [3.63, 3.8) is 0 Å². The fraction of sp³-hybridized carbons (Fsp3) is 0.562. The van der Waals surface area contributed by atoms with E-state index in [1.165, 1.54) is 7.11 Å². The molecule has 4 nitrogen and oxygen atoms in total. The first kappa shape index (κ1) is 13.4. The van der Waals surface area contributed by atoms with Crippen LogP contribution in [0, 0.1) is 6.92 Å². The van der Waals surface area contributed by atoms with Crippen molar-refractivity contribution in [1.29, 1.82) is 0 Å². The van der Waals surface area contributed by atoms with Gasteiger partial charge in [0.15, 0.2) is 0 Å². The summed E-state index contributed by atoms with van der Waals surface area (Å²) < 4.78 is 16.4. The SMILES string of the molecule is COC(=O)C1(c2cc(C)ccc2O[C@@H]2CCOC2)CC1. The van der Waals surface area contributed by atoms with Crippen LogP contribution < -0.4 is 4.74 Å². The quantitative estimate of drug-likeness (QED) is 0.792. The summed E-state index contributed by atoms with van der Waals surface area (Å²) in [7, 11) is 1.45. The number of ether oxygens (including phenoxy) is 3. The van der Waals surface area contributed by atoms with Crippen LogP contribution in [-0.2, 0) is 19.7 Å². The standard InChI is InChI=1S/C16H20O4/c1-11-3-4-14(20-12-5-8-19-10-12)13(9-11)16(6-7-16)15(17)18-2/h3-4,9,12H,5-8,10H2,1-2H3/t12-/m1/s1. The highest BCUT2D eigenvalue weighted by Gasteiger charge is 2.54. The van der Waals surface area contributed by atoms with Crippen LogP contribution in [0.4, 0.5) is 0 Å². The predicted molar refractivity (Wildman–Crippen MR) is 74.0 cm³/mol. The second kappa shape index (κ2) is 5.09. The number of benzene rings is 1. The highest BCUT2D eigenvalue weighted by atomic mass is 16.5. The molecule has 4 heteroatoms. The van der Waals surface area contributed by atoms with Crippen LogP contribution >= 0.6 is 0 Å². The molecule has 0 unspecified atom stereocenters. The van der Waals surface area contributed by atoms with Crippen molar-refractivity contribution in [1.82, 2.24) is 0 Å². The molecule has 1 aliphatic carbocycles. The maximum atomic E-state index is 12.1. The lowest BCUT2D eigenvalue weighted by molar-refractivity contribution is -0.143. The summed E-state index contributed by atoms with van der Waals surface area (Å²) in [4.78, 5) is 12.1. The summed E-state index contributed by atoms with van der Waals surface area (Å²) >= 11 is 0. The molecule has 0 N–H and O–H groups in total. The number of carbonyl (C=O) groups excluding carboxylic acids is 1. The molecular formula is C16H20O4. The van der Waals surface area contributed by atoms with Crippen LogP contribution in [-0.4, -0.2) is 32.4 Å². The van der Waals surface area contributed by atoms with Crippen LogP contribution in [0.3, 0.4) is 0 Å². The van der Waals surface area contributed by atoms with Gasteiger partial charge in [-0.25, -0.2) is 0 Å². The zero-order valence-electron chi connectivity index (χ0n) is 12.0. The normalized spacial score (nSPS) is 23.4. The van der Waals surface area contributed by atoms with Gasteiger partial charge in [0.1, 0.15) is 11.9 Å². The molecule has 3 rings (SSSR count). The molecule has 108 valence electrons. The Morgan fingerprint density at radius 1 is 1.40 bits per heavy atom. The largest absolute Gasteiger partial charge is 0.488 e. The fourth-order valence-corrected chi connectivity index (χ4v) is 2.81. The Morgan fingerprint density at radius 2 is 2.20 bits per heavy atom. The van der Waals surface area contributed by atoms with Crippen molar-refractivity contribution in [2.75, 3.05) is 20.3 Å². The van der Waals surface area contributed by atoms with E-state index in [2.05, 4.69) is 6.07 Å². The van der Waals surface area contributed by atoms with Crippen molar-refractivity contribution < 1.29 is 19.0 Å². The number of rotatable bonds is 4. The molecule has 1 saturated carbocycles. The maximum absolute atomic E-state index is 12.1. The summed E-state index contributed by atoms with van der Waals surface area (Å²) in [6, 6.07) is 6.03. The van der Waals surface area contributed by atoms with E-state index in [1.54, 1.807) is 0 Å². The van der Waals surface area contributed by atoms with Crippen molar-refractivity contribution in [3.8, 4) is 5.75 Å². The van der Waals surface area contributed by atoms with E-state index in [0.717, 1.165) is 42.7 Å². The minimum absolute atomic E-state index is 0.0879. The van der Waals surface area contributed by atoms with Gasteiger partial charge in [-0.2, -0.15) is 0 Å². The number of hydrogen-bond donors (Lipinski definition) is 0. The molecule has 20 heavy (non-hydrogen) atoms. The minimum Gasteiger partial charge on any atom is -0.488 e. The lowest BCUT2D eigenvalue weighted by atomic mass is 9.93. The van der Waals surface area contributed by atoms with Crippen LogP contribution in [0.2, 0.25) is 0 Å². The molecule has 1 atom stereocenters. The van der Waals surface area contributed by atoms with Crippen LogP contribution in [0.1, 0.15) is 30.4 Å². The highest BCUT2D eigenvalue weighted by Crippen LogP contribution is 2.52. The van der Waals surface area contributed by atoms with Gasteiger partial charge in [0.2, 0.25) is 0 Å². The molecule has 1 saturated heterocycles. The third-order valence-electron chi connectivity index (χ3n) is 4.16. The average molecular weight is 276 g/mol. The Labute approximate surface area is 119 Å². The third-order valence-corrected chi connectivity index (χ3v) is 4.16. The average Bonchev–Trinajstić information content (AvgIpc) is 3.11. The van der Waals surface area contributed by atoms with Gasteiger partial charge in [-0.3, -0.25) is 4.79 Å². The topological polar surface area (TPSA) is 44.8 Å². The summed E-state index contributed by atoms with van der Waals surface area (Å²) in [5.41, 5.74) is 1.61. The van der Waals surface area contributed by atoms with Gasteiger partial charge in [-0.05, 0) is 25.8 Å². The van der Waals surface area contributed by atoms with E-state index in [4.69, 9.17) is 14.2 Å². The zero-order chi connectivity index (χ0) is 14.2. The number of carbonyl (C=O) groups is 1. The molecule has 0 radical (unpaired) electrons. The number of methoxy groups -OCH3 is 1. The van der Waals surface area contributed by atoms with Crippen molar-refractivity contribution in [3.05, 3.63) is 29.3 Å². The van der Waals surface area contributed by atoms with Gasteiger partial charge in [0.05, 0.1) is 25.7 Å². The summed E-state index contributed by atoms with van der Waals surface area (Å²) in [5, 5.41) is 0. The van der Waals surface area contributed by atoms with Gasteiger partial charge in [0.25, 0.3) is 0 Å². The van der Waals surface area contributed by atoms with Crippen LogP contribution in [0.25, 0.3) is 0 Å². The molecule has 0 amide bonds. The Bertz CT molecular complexity index is 513. The van der Waals surface area contributed by atoms with E-state index in [-0.39, 0.29) is 12.1 Å². The molecule has 0 spiro atoms. The van der Waals surface area contributed by atoms with Crippen LogP contribution in [0.5, 0.6) is 5.75 Å². The van der Waals surface area contributed by atoms with E-state index < -0.39 is 5.41 Å². The smallest absolute Gasteiger partial charge is 0.316 e. The molecule has 0 aromatic heterocycles. The van der Waals surface area contributed by atoms with E-state index in [1.807, 2.05) is 19.1 Å². The van der Waals surface area contributed by atoms with Crippen LogP contribution in [0.15, 0.2) is 18.2 Å². The Morgan fingerprint density at radius 3 is 2.80 bits per heavy atom. The molecule has 1 aromatic carbocycles. The fourth-order valence-electron chi connectivity index (χ4n) is 2.81. The summed E-state index contributed by atoms with van der Waals surface area (Å²) in [6.45, 7) is 3.39. The number of esters is 1. The second-order valence-corrected chi connectivity index (χ2v) is 5.68. The lowest BCUT2D eigenvalue weighted by Crippen LogP contribution is -2.24. The monoisotopic (exact) mass is 276 g/mol. The van der Waals surface area contributed by atoms with Crippen molar-refractivity contribution in [2.24, 2.45) is 0 Å². The Hall–Kier alpha value is -1.55. The molecule has 2 fully saturated rings. The Balaban J connectivity index is 1.92. The van der Waals surface area contributed by atoms with E-state index in [9.17, 15) is 4.79 Å². The van der Waals surface area contributed by atoms with Crippen molar-refractivity contribution in [2.45, 2.75) is 37.7 Å². The first-order chi connectivity index (χ1) is 9.65. The molecular weight excluding hydrogens is 256 g/mol. The van der Waals surface area contributed by atoms with Crippen molar-refractivity contribution >= 4 is 5.97 Å². The molecule has 0 bridgehead atoms. The van der Waals surface area contributed by atoms with Gasteiger partial charge < -0.3 is 14.2 Å². The van der Waals surface area contributed by atoms with E-state index in [0.29, 0.717) is 6.61 Å².